The van der Waals surface area contributed by atoms with Crippen LogP contribution in [0.3, 0.4) is 0 Å². The van der Waals surface area contributed by atoms with Crippen molar-refractivity contribution >= 4 is 0 Å². The smallest absolute Gasteiger partial charge is 0.0674 e. The van der Waals surface area contributed by atoms with E-state index in [1.165, 1.54) is 5.56 Å². The van der Waals surface area contributed by atoms with Crippen LogP contribution in [0, 0.1) is 0 Å². The van der Waals surface area contributed by atoms with Crippen LogP contribution in [0.5, 0.6) is 0 Å². The zero-order chi connectivity index (χ0) is 13.0. The minimum Gasteiger partial charge on any atom is -0.395 e. The molecule has 1 aliphatic heterocycles. The fourth-order valence-corrected chi connectivity index (χ4v) is 2.60. The molecular weight excluding hydrogens is 226 g/mol. The van der Waals surface area contributed by atoms with E-state index < -0.39 is 0 Å². The lowest BCUT2D eigenvalue weighted by Gasteiger charge is -2.38. The molecule has 1 N–H and O–H groups in total. The largest absolute Gasteiger partial charge is 0.395 e. The third-order valence-electron chi connectivity index (χ3n) is 3.72. The maximum atomic E-state index is 9.78. The molecule has 2 rings (SSSR count). The van der Waals surface area contributed by atoms with Crippen molar-refractivity contribution in [3.8, 4) is 0 Å². The third kappa shape index (κ3) is 3.10. The van der Waals surface area contributed by atoms with Crippen LogP contribution in [-0.2, 0) is 10.2 Å². The van der Waals surface area contributed by atoms with Gasteiger partial charge >= 0.3 is 0 Å². The summed E-state index contributed by atoms with van der Waals surface area (Å²) in [7, 11) is 0. The van der Waals surface area contributed by atoms with Crippen LogP contribution in [0.25, 0.3) is 0 Å². The second-order valence-electron chi connectivity index (χ2n) is 5.50. The molecule has 1 heterocycles. The second kappa shape index (κ2) is 5.83. The maximum Gasteiger partial charge on any atom is 0.0674 e. The number of ether oxygens (including phenoxy) is 1. The molecule has 18 heavy (non-hydrogen) atoms. The minimum absolute atomic E-state index is 0.169. The summed E-state index contributed by atoms with van der Waals surface area (Å²) in [4.78, 5) is 2.39. The van der Waals surface area contributed by atoms with E-state index >= 15 is 0 Å². The Morgan fingerprint density at radius 1 is 1.39 bits per heavy atom. The fraction of sp³-hybridized carbons (Fsp3) is 0.600. The first-order valence-corrected chi connectivity index (χ1v) is 6.64. The van der Waals surface area contributed by atoms with Crippen LogP contribution < -0.4 is 0 Å². The number of benzene rings is 1. The van der Waals surface area contributed by atoms with Gasteiger partial charge in [0, 0.05) is 25.0 Å². The topological polar surface area (TPSA) is 32.7 Å². The molecule has 1 aliphatic rings. The number of aliphatic hydroxyl groups excluding tert-OH is 1. The molecule has 0 bridgehead atoms. The Morgan fingerprint density at radius 3 is 2.72 bits per heavy atom. The van der Waals surface area contributed by atoms with Gasteiger partial charge in [-0.15, -0.1) is 0 Å². The van der Waals surface area contributed by atoms with Crippen molar-refractivity contribution in [3.05, 3.63) is 35.9 Å². The van der Waals surface area contributed by atoms with Crippen molar-refractivity contribution in [1.82, 2.24) is 4.90 Å². The molecule has 2 unspecified atom stereocenters. The zero-order valence-electron chi connectivity index (χ0n) is 11.3. The Hall–Kier alpha value is -0.900. The highest BCUT2D eigenvalue weighted by Gasteiger charge is 2.30. The monoisotopic (exact) mass is 249 g/mol. The summed E-state index contributed by atoms with van der Waals surface area (Å²) in [6, 6.07) is 10.3. The molecule has 1 saturated heterocycles. The Kier molecular flexibility index (Phi) is 4.38. The van der Waals surface area contributed by atoms with E-state index in [-0.39, 0.29) is 18.1 Å². The Bertz CT molecular complexity index is 368. The summed E-state index contributed by atoms with van der Waals surface area (Å²) >= 11 is 0. The van der Waals surface area contributed by atoms with Crippen molar-refractivity contribution in [2.45, 2.75) is 25.4 Å². The summed E-state index contributed by atoms with van der Waals surface area (Å²) in [5.41, 5.74) is 1.00. The molecular formula is C15H23NO2. The number of aliphatic hydroxyl groups is 1. The molecule has 3 nitrogen and oxygen atoms in total. The van der Waals surface area contributed by atoms with Crippen LogP contribution in [0.15, 0.2) is 30.3 Å². The van der Waals surface area contributed by atoms with E-state index in [1.54, 1.807) is 0 Å². The van der Waals surface area contributed by atoms with Gasteiger partial charge in [0.05, 0.1) is 19.3 Å². The number of hydrogen-bond donors (Lipinski definition) is 1. The number of morpholine rings is 1. The van der Waals surface area contributed by atoms with Crippen LogP contribution in [0.2, 0.25) is 0 Å². The molecule has 1 fully saturated rings. The Morgan fingerprint density at radius 2 is 2.11 bits per heavy atom. The molecule has 1 aromatic carbocycles. The zero-order valence-corrected chi connectivity index (χ0v) is 11.3. The van der Waals surface area contributed by atoms with Crippen molar-refractivity contribution < 1.29 is 9.84 Å². The summed E-state index contributed by atoms with van der Waals surface area (Å²) in [5.74, 6) is 0. The highest BCUT2D eigenvalue weighted by Crippen LogP contribution is 2.25. The van der Waals surface area contributed by atoms with E-state index in [1.807, 2.05) is 18.2 Å². The third-order valence-corrected chi connectivity index (χ3v) is 3.72. The summed E-state index contributed by atoms with van der Waals surface area (Å²) < 4.78 is 5.56. The lowest BCUT2D eigenvalue weighted by molar-refractivity contribution is -0.0279. The molecule has 3 heteroatoms. The first-order chi connectivity index (χ1) is 8.64. The van der Waals surface area contributed by atoms with E-state index in [4.69, 9.17) is 4.74 Å². The maximum absolute atomic E-state index is 9.78. The Balaban J connectivity index is 2.08. The molecule has 0 aliphatic carbocycles. The van der Waals surface area contributed by atoms with Crippen molar-refractivity contribution in [3.63, 3.8) is 0 Å². The standard InChI is InChI=1S/C15H23NO2/c1-13-10-16(8-9-18-13)11-15(2,12-17)14-6-4-3-5-7-14/h3-7,13,17H,8-12H2,1-2H3. The van der Waals surface area contributed by atoms with Crippen LogP contribution in [0.4, 0.5) is 0 Å². The predicted octanol–water partition coefficient (Wildman–Crippen LogP) is 1.66. The van der Waals surface area contributed by atoms with Crippen LogP contribution in [-0.4, -0.2) is 49.0 Å². The molecule has 100 valence electrons. The predicted molar refractivity (Wildman–Crippen MR) is 72.7 cm³/mol. The van der Waals surface area contributed by atoms with Crippen LogP contribution in [0.1, 0.15) is 19.4 Å². The summed E-state index contributed by atoms with van der Waals surface area (Å²) in [5, 5.41) is 9.78. The lowest BCUT2D eigenvalue weighted by Crippen LogP contribution is -2.48. The van der Waals surface area contributed by atoms with E-state index in [9.17, 15) is 5.11 Å². The normalized spacial score (nSPS) is 24.7. The highest BCUT2D eigenvalue weighted by atomic mass is 16.5. The first-order valence-electron chi connectivity index (χ1n) is 6.64. The van der Waals surface area contributed by atoms with Gasteiger partial charge in [0.1, 0.15) is 0 Å². The van der Waals surface area contributed by atoms with Crippen molar-refractivity contribution in [2.24, 2.45) is 0 Å². The molecule has 1 aromatic rings. The van der Waals surface area contributed by atoms with Gasteiger partial charge in [0.25, 0.3) is 0 Å². The molecule has 0 radical (unpaired) electrons. The average molecular weight is 249 g/mol. The fourth-order valence-electron chi connectivity index (χ4n) is 2.60. The minimum atomic E-state index is -0.196. The molecule has 2 atom stereocenters. The Labute approximate surface area is 109 Å². The molecule has 0 saturated carbocycles. The van der Waals surface area contributed by atoms with Crippen molar-refractivity contribution in [1.29, 1.82) is 0 Å². The SMILES string of the molecule is CC1CN(CC(C)(CO)c2ccccc2)CCO1. The number of rotatable bonds is 4. The van der Waals surface area contributed by atoms with Gasteiger partial charge in [-0.25, -0.2) is 0 Å². The quantitative estimate of drug-likeness (QED) is 0.881. The van der Waals surface area contributed by atoms with Crippen LogP contribution >= 0.6 is 0 Å². The van der Waals surface area contributed by atoms with Gasteiger partial charge in [0.2, 0.25) is 0 Å². The van der Waals surface area contributed by atoms with E-state index in [2.05, 4.69) is 30.9 Å². The second-order valence-corrected chi connectivity index (χ2v) is 5.50. The first kappa shape index (κ1) is 13.5. The number of hydrogen-bond acceptors (Lipinski definition) is 3. The van der Waals surface area contributed by atoms with Crippen molar-refractivity contribution in [2.75, 3.05) is 32.8 Å². The van der Waals surface area contributed by atoms with Gasteiger partial charge in [0.15, 0.2) is 0 Å². The van der Waals surface area contributed by atoms with Gasteiger partial charge in [-0.05, 0) is 12.5 Å². The van der Waals surface area contributed by atoms with Gasteiger partial charge in [-0.1, -0.05) is 37.3 Å². The summed E-state index contributed by atoms with van der Waals surface area (Å²) in [6.45, 7) is 7.96. The molecule has 0 aromatic heterocycles. The summed E-state index contributed by atoms with van der Waals surface area (Å²) in [6.07, 6.45) is 0.289. The van der Waals surface area contributed by atoms with E-state index in [0.29, 0.717) is 0 Å². The highest BCUT2D eigenvalue weighted by molar-refractivity contribution is 5.25. The van der Waals surface area contributed by atoms with Gasteiger partial charge < -0.3 is 9.84 Å². The van der Waals surface area contributed by atoms with Gasteiger partial charge in [-0.2, -0.15) is 0 Å². The lowest BCUT2D eigenvalue weighted by atomic mass is 9.82. The molecule has 0 amide bonds. The average Bonchev–Trinajstić information content (AvgIpc) is 2.39. The van der Waals surface area contributed by atoms with Gasteiger partial charge in [-0.3, -0.25) is 4.90 Å². The molecule has 0 spiro atoms. The number of nitrogens with zero attached hydrogens (tertiary/aromatic N) is 1. The van der Waals surface area contributed by atoms with E-state index in [0.717, 1.165) is 26.2 Å².